The van der Waals surface area contributed by atoms with Gasteiger partial charge >= 0.3 is 17.9 Å². The van der Waals surface area contributed by atoms with Crippen LogP contribution in [-0.4, -0.2) is 37.2 Å². The second-order valence-electron chi connectivity index (χ2n) is 20.2. The van der Waals surface area contributed by atoms with Crippen LogP contribution in [0.5, 0.6) is 0 Å². The summed E-state index contributed by atoms with van der Waals surface area (Å²) in [5.74, 6) is -0.896. The van der Waals surface area contributed by atoms with Crippen LogP contribution >= 0.6 is 0 Å². The zero-order valence-corrected chi connectivity index (χ0v) is 46.5. The number of unbranched alkanes of at least 4 members (excludes halogenated alkanes) is 34. The monoisotopic (exact) mass is 979 g/mol. The number of hydrogen-bond donors (Lipinski definition) is 0. The van der Waals surface area contributed by atoms with Gasteiger partial charge in [0.25, 0.3) is 0 Å². The zero-order valence-electron chi connectivity index (χ0n) is 46.5. The molecule has 0 bridgehead atoms. The van der Waals surface area contributed by atoms with Crippen molar-refractivity contribution in [3.05, 3.63) is 60.8 Å². The van der Waals surface area contributed by atoms with E-state index in [1.807, 2.05) is 0 Å². The molecule has 70 heavy (non-hydrogen) atoms. The molecule has 0 aliphatic carbocycles. The Hall–Kier alpha value is -2.89. The third-order valence-corrected chi connectivity index (χ3v) is 13.3. The molecule has 0 unspecified atom stereocenters. The van der Waals surface area contributed by atoms with Gasteiger partial charge in [-0.25, -0.2) is 0 Å². The number of rotatable bonds is 55. The number of esters is 3. The summed E-state index contributed by atoms with van der Waals surface area (Å²) < 4.78 is 16.9. The molecule has 0 amide bonds. The van der Waals surface area contributed by atoms with Crippen molar-refractivity contribution in [1.82, 2.24) is 0 Å². The van der Waals surface area contributed by atoms with Crippen LogP contribution in [0.1, 0.15) is 310 Å². The zero-order chi connectivity index (χ0) is 50.7. The third kappa shape index (κ3) is 56.0. The van der Waals surface area contributed by atoms with Gasteiger partial charge in [-0.15, -0.1) is 0 Å². The number of allylic oxidation sites excluding steroid dienone is 10. The van der Waals surface area contributed by atoms with Gasteiger partial charge < -0.3 is 14.2 Å². The fourth-order valence-corrected chi connectivity index (χ4v) is 8.77. The van der Waals surface area contributed by atoms with Crippen molar-refractivity contribution >= 4 is 17.9 Å². The van der Waals surface area contributed by atoms with Crippen molar-refractivity contribution in [2.75, 3.05) is 13.2 Å². The molecule has 6 nitrogen and oxygen atoms in total. The lowest BCUT2D eigenvalue weighted by Crippen LogP contribution is -2.30. The van der Waals surface area contributed by atoms with E-state index in [9.17, 15) is 14.4 Å². The maximum atomic E-state index is 12.9. The van der Waals surface area contributed by atoms with E-state index in [2.05, 4.69) is 81.5 Å². The van der Waals surface area contributed by atoms with Crippen LogP contribution in [0.25, 0.3) is 0 Å². The SMILES string of the molecule is CC/C=C\C/C=C\C/C=C\C/C=C\C/C=C\CCCCCC(=O)OC[C@@H](COC(=O)CCCCCCCCCCCCCCCC)OC(=O)CCCCCCCCCCCCCCCCCCCCC. The number of hydrogen-bond acceptors (Lipinski definition) is 6. The molecule has 0 aromatic heterocycles. The largest absolute Gasteiger partial charge is 0.462 e. The highest BCUT2D eigenvalue weighted by Crippen LogP contribution is 2.17. The number of ether oxygens (including phenoxy) is 3. The molecule has 0 saturated heterocycles. The Bertz CT molecular complexity index is 1260. The minimum absolute atomic E-state index is 0.0805. The summed E-state index contributed by atoms with van der Waals surface area (Å²) in [5, 5.41) is 0. The van der Waals surface area contributed by atoms with Crippen LogP contribution in [-0.2, 0) is 28.6 Å². The normalized spacial score (nSPS) is 12.4. The van der Waals surface area contributed by atoms with E-state index in [0.29, 0.717) is 19.3 Å². The molecule has 0 radical (unpaired) electrons. The van der Waals surface area contributed by atoms with E-state index in [1.165, 1.54) is 173 Å². The first-order valence-electron chi connectivity index (χ1n) is 30.3. The summed E-state index contributed by atoms with van der Waals surface area (Å²) >= 11 is 0. The summed E-state index contributed by atoms with van der Waals surface area (Å²) in [6.07, 6.45) is 73.6. The van der Waals surface area contributed by atoms with Crippen molar-refractivity contribution in [3.63, 3.8) is 0 Å². The van der Waals surface area contributed by atoms with Crippen LogP contribution in [0.15, 0.2) is 60.8 Å². The lowest BCUT2D eigenvalue weighted by Gasteiger charge is -2.18. The minimum Gasteiger partial charge on any atom is -0.462 e. The number of carbonyl (C=O) groups is 3. The van der Waals surface area contributed by atoms with E-state index in [4.69, 9.17) is 14.2 Å². The molecule has 6 heteroatoms. The van der Waals surface area contributed by atoms with Crippen molar-refractivity contribution < 1.29 is 28.6 Å². The Labute approximate surface area is 434 Å². The van der Waals surface area contributed by atoms with Gasteiger partial charge in [0.05, 0.1) is 0 Å². The van der Waals surface area contributed by atoms with E-state index in [1.54, 1.807) is 0 Å². The summed E-state index contributed by atoms with van der Waals surface area (Å²) in [6, 6.07) is 0. The molecule has 1 atom stereocenters. The predicted molar refractivity (Wildman–Crippen MR) is 302 cm³/mol. The highest BCUT2D eigenvalue weighted by molar-refractivity contribution is 5.71. The second-order valence-corrected chi connectivity index (χ2v) is 20.2. The Morgan fingerprint density at radius 2 is 0.557 bits per heavy atom. The first kappa shape index (κ1) is 67.1. The van der Waals surface area contributed by atoms with Crippen LogP contribution in [0.3, 0.4) is 0 Å². The molecule has 0 aromatic carbocycles. The molecule has 0 fully saturated rings. The maximum Gasteiger partial charge on any atom is 0.306 e. The van der Waals surface area contributed by atoms with Crippen LogP contribution in [0.4, 0.5) is 0 Å². The topological polar surface area (TPSA) is 78.9 Å². The van der Waals surface area contributed by atoms with Crippen molar-refractivity contribution in [2.24, 2.45) is 0 Å². The Morgan fingerprint density at radius 3 is 0.871 bits per heavy atom. The molecular formula is C64H114O6. The van der Waals surface area contributed by atoms with Gasteiger partial charge in [0, 0.05) is 19.3 Å². The summed E-state index contributed by atoms with van der Waals surface area (Å²) in [5.41, 5.74) is 0. The van der Waals surface area contributed by atoms with Crippen molar-refractivity contribution in [3.8, 4) is 0 Å². The smallest absolute Gasteiger partial charge is 0.306 e. The van der Waals surface area contributed by atoms with Gasteiger partial charge in [-0.3, -0.25) is 14.4 Å². The molecule has 0 rings (SSSR count). The van der Waals surface area contributed by atoms with Crippen LogP contribution in [0, 0.1) is 0 Å². The molecule has 0 aliphatic rings. The molecular weight excluding hydrogens is 865 g/mol. The standard InChI is InChI=1S/C64H114O6/c1-4-7-10-13-16-19-22-25-28-30-32-34-36-39-42-45-48-51-54-57-63(66)69-60-61(59-68-62(65)56-53-50-47-44-41-38-27-24-21-18-15-12-9-6-3)70-64(67)58-55-52-49-46-43-40-37-35-33-31-29-26-23-20-17-14-11-8-5-2/h7,10,16,19,25,28,32,34,39,42,61H,4-6,8-9,11-15,17-18,20-24,26-27,29-31,33,35-38,40-41,43-60H2,1-3H3/b10-7-,19-16-,28-25-,34-32-,42-39-/t61-/m1/s1. The van der Waals surface area contributed by atoms with Gasteiger partial charge in [0.2, 0.25) is 0 Å². The Kier molecular flexibility index (Phi) is 56.3. The average Bonchev–Trinajstić information content (AvgIpc) is 3.36. The van der Waals surface area contributed by atoms with Gasteiger partial charge in [-0.1, -0.05) is 287 Å². The molecule has 0 N–H and O–H groups in total. The molecule has 0 saturated carbocycles. The highest BCUT2D eigenvalue weighted by Gasteiger charge is 2.19. The van der Waals surface area contributed by atoms with Crippen molar-refractivity contribution in [2.45, 2.75) is 316 Å². The third-order valence-electron chi connectivity index (χ3n) is 13.3. The van der Waals surface area contributed by atoms with Crippen LogP contribution < -0.4 is 0 Å². The quantitative estimate of drug-likeness (QED) is 0.0261. The van der Waals surface area contributed by atoms with Crippen LogP contribution in [0.2, 0.25) is 0 Å². The van der Waals surface area contributed by atoms with E-state index < -0.39 is 6.10 Å². The first-order chi connectivity index (χ1) is 34.5. The summed E-state index contributed by atoms with van der Waals surface area (Å²) in [7, 11) is 0. The average molecular weight is 980 g/mol. The van der Waals surface area contributed by atoms with Gasteiger partial charge in [0.1, 0.15) is 13.2 Å². The molecule has 0 aliphatic heterocycles. The molecule has 0 aromatic rings. The Balaban J connectivity index is 4.39. The van der Waals surface area contributed by atoms with E-state index >= 15 is 0 Å². The summed E-state index contributed by atoms with van der Waals surface area (Å²) in [6.45, 7) is 6.54. The van der Waals surface area contributed by atoms with Gasteiger partial charge in [-0.05, 0) is 64.2 Å². The minimum atomic E-state index is -0.785. The fraction of sp³-hybridized carbons (Fsp3) is 0.797. The highest BCUT2D eigenvalue weighted by atomic mass is 16.6. The summed E-state index contributed by atoms with van der Waals surface area (Å²) in [4.78, 5) is 38.2. The van der Waals surface area contributed by atoms with E-state index in [-0.39, 0.29) is 31.1 Å². The van der Waals surface area contributed by atoms with Crippen molar-refractivity contribution in [1.29, 1.82) is 0 Å². The first-order valence-corrected chi connectivity index (χ1v) is 30.3. The van der Waals surface area contributed by atoms with Gasteiger partial charge in [0.15, 0.2) is 6.10 Å². The Morgan fingerprint density at radius 1 is 0.300 bits per heavy atom. The molecule has 0 spiro atoms. The lowest BCUT2D eigenvalue weighted by molar-refractivity contribution is -0.167. The molecule has 406 valence electrons. The fourth-order valence-electron chi connectivity index (χ4n) is 8.77. The van der Waals surface area contributed by atoms with E-state index in [0.717, 1.165) is 96.3 Å². The van der Waals surface area contributed by atoms with Gasteiger partial charge in [-0.2, -0.15) is 0 Å². The lowest BCUT2D eigenvalue weighted by atomic mass is 10.0. The number of carbonyl (C=O) groups excluding carboxylic acids is 3. The second kappa shape index (κ2) is 58.7. The predicted octanol–water partition coefficient (Wildman–Crippen LogP) is 20.4. The molecule has 0 heterocycles. The maximum absolute atomic E-state index is 12.9.